The molecule has 8 nitrogen and oxygen atoms in total. The van der Waals surface area contributed by atoms with E-state index in [0.29, 0.717) is 6.54 Å². The van der Waals surface area contributed by atoms with Gasteiger partial charge in [0.2, 0.25) is 0 Å². The van der Waals surface area contributed by atoms with Crippen LogP contribution in [0.5, 0.6) is 0 Å². The van der Waals surface area contributed by atoms with Crippen molar-refractivity contribution in [1.29, 1.82) is 0 Å². The lowest BCUT2D eigenvalue weighted by Gasteiger charge is -2.30. The summed E-state index contributed by atoms with van der Waals surface area (Å²) in [6.07, 6.45) is 8.77. The molecule has 1 amide bonds. The number of aliphatic imine (C=N–C) groups is 1. The van der Waals surface area contributed by atoms with Crippen molar-refractivity contribution in [2.24, 2.45) is 15.8 Å². The zero-order chi connectivity index (χ0) is 30.1. The number of alkyl halides is 1. The molecule has 0 aliphatic carbocycles. The van der Waals surface area contributed by atoms with Gasteiger partial charge in [0.05, 0.1) is 34.6 Å². The second-order valence-electron chi connectivity index (χ2n) is 10.0. The Labute approximate surface area is 233 Å². The molecule has 2 aliphatic rings. The lowest BCUT2D eigenvalue weighted by atomic mass is 9.98. The van der Waals surface area contributed by atoms with Crippen molar-refractivity contribution in [2.75, 3.05) is 12.3 Å². The number of thiophene rings is 1. The number of hydrogen-bond donors (Lipinski definition) is 4. The highest BCUT2D eigenvalue weighted by Crippen LogP contribution is 2.32. The molecule has 1 atom stereocenters. The van der Waals surface area contributed by atoms with Crippen LogP contribution in [0.2, 0.25) is 0 Å². The van der Waals surface area contributed by atoms with Crippen molar-refractivity contribution in [3.8, 4) is 12.3 Å². The van der Waals surface area contributed by atoms with Crippen molar-refractivity contribution in [3.05, 3.63) is 46.3 Å². The molecule has 39 heavy (non-hydrogen) atoms. The predicted molar refractivity (Wildman–Crippen MR) is 157 cm³/mol. The second kappa shape index (κ2) is 14.2. The molecule has 0 fully saturated rings. The van der Waals surface area contributed by atoms with Crippen LogP contribution < -0.4 is 11.5 Å². The summed E-state index contributed by atoms with van der Waals surface area (Å²) < 4.78 is 25.6. The molecule has 3 heterocycles. The van der Waals surface area contributed by atoms with Crippen LogP contribution in [-0.2, 0) is 0 Å². The molecule has 6 N–H and O–H groups in total. The highest BCUT2D eigenvalue weighted by Gasteiger charge is 2.26. The van der Waals surface area contributed by atoms with Gasteiger partial charge in [-0.2, -0.15) is 5.10 Å². The topological polar surface area (TPSA) is 138 Å². The van der Waals surface area contributed by atoms with Gasteiger partial charge in [-0.25, -0.2) is 13.8 Å². The summed E-state index contributed by atoms with van der Waals surface area (Å²) >= 11 is 0.852. The number of nitrogen functional groups attached to an aromatic ring is 1. The van der Waals surface area contributed by atoms with Crippen LogP contribution in [0.15, 0.2) is 45.9 Å². The zero-order valence-electron chi connectivity index (χ0n) is 23.5. The molecular weight excluding hydrogens is 524 g/mol. The summed E-state index contributed by atoms with van der Waals surface area (Å²) in [6.45, 7) is 13.6. The van der Waals surface area contributed by atoms with E-state index in [1.54, 1.807) is 38.6 Å². The average Bonchev–Trinajstić information content (AvgIpc) is 3.24. The van der Waals surface area contributed by atoms with Crippen LogP contribution in [0.1, 0.15) is 76.5 Å². The van der Waals surface area contributed by atoms with Crippen LogP contribution in [-0.4, -0.2) is 56.6 Å². The fourth-order valence-electron chi connectivity index (χ4n) is 3.09. The number of terminal acetylenes is 1. The number of rotatable bonds is 5. The number of anilines is 1. The maximum atomic E-state index is 13.1. The largest absolute Gasteiger partial charge is 0.390 e. The number of carbonyl (C=O) groups is 1. The Kier molecular flexibility index (Phi) is 12.2. The van der Waals surface area contributed by atoms with Crippen LogP contribution >= 0.6 is 11.3 Å². The summed E-state index contributed by atoms with van der Waals surface area (Å²) in [5.41, 5.74) is 11.8. The summed E-state index contributed by atoms with van der Waals surface area (Å²) in [7, 11) is 0. The normalized spacial score (nSPS) is 16.7. The molecule has 11 heteroatoms. The van der Waals surface area contributed by atoms with Crippen LogP contribution in [0.3, 0.4) is 0 Å². The van der Waals surface area contributed by atoms with Gasteiger partial charge in [-0.3, -0.25) is 9.79 Å². The molecule has 0 aromatic carbocycles. The number of nitrogens with zero attached hydrogens (tertiary/aromatic N) is 3. The molecule has 0 radical (unpaired) electrons. The number of amides is 1. The Morgan fingerprint density at radius 3 is 2.33 bits per heavy atom. The number of fused-ring (bicyclic) bond motifs is 1. The third-order valence-corrected chi connectivity index (χ3v) is 7.01. The van der Waals surface area contributed by atoms with Gasteiger partial charge in [-0.05, 0) is 66.5 Å². The number of nitrogens with two attached hydrogens (primary N) is 2. The standard InChI is InChI=1S/C11H17N3O.C10H8F2N2OS.C7H14O/c1-8-4-5-10-12-6-9(11(2,3)15)7-14(10)13-8;1-2-7(12)6(4-11)8-3-5(9(13)15)10(14)16-8;1-5-6(2)7(3,4)8/h7,15H,4-6H2,1-3H3;1,3-4,7H,14H2,(H2,13,15);5,8H,1-4H3/b;6-4-;6-5+. The van der Waals surface area contributed by atoms with Crippen molar-refractivity contribution < 1.29 is 23.8 Å². The molecule has 214 valence electrons. The summed E-state index contributed by atoms with van der Waals surface area (Å²) in [4.78, 5) is 15.5. The first kappa shape index (κ1) is 33.7. The number of allylic oxidation sites excluding steroid dienone is 2. The van der Waals surface area contributed by atoms with E-state index in [4.69, 9.17) is 17.9 Å². The molecule has 2 aliphatic heterocycles. The Bertz CT molecular complexity index is 1230. The number of hydrogen-bond acceptors (Lipinski definition) is 8. The highest BCUT2D eigenvalue weighted by molar-refractivity contribution is 7.17. The summed E-state index contributed by atoms with van der Waals surface area (Å²) in [6, 6.07) is 1.22. The highest BCUT2D eigenvalue weighted by atomic mass is 32.1. The van der Waals surface area contributed by atoms with Crippen LogP contribution in [0.25, 0.3) is 5.57 Å². The number of primary amides is 1. The van der Waals surface area contributed by atoms with E-state index >= 15 is 0 Å². The van der Waals surface area contributed by atoms with Gasteiger partial charge in [0.25, 0.3) is 5.91 Å². The fourth-order valence-corrected chi connectivity index (χ4v) is 4.04. The molecule has 1 aromatic heterocycles. The lowest BCUT2D eigenvalue weighted by molar-refractivity contribution is 0.100. The van der Waals surface area contributed by atoms with Gasteiger partial charge >= 0.3 is 0 Å². The summed E-state index contributed by atoms with van der Waals surface area (Å²) in [5, 5.41) is 25.4. The summed E-state index contributed by atoms with van der Waals surface area (Å²) in [5.74, 6) is 2.00. The van der Waals surface area contributed by atoms with E-state index in [1.807, 2.05) is 33.0 Å². The number of halogens is 2. The van der Waals surface area contributed by atoms with Crippen molar-refractivity contribution in [3.63, 3.8) is 0 Å². The van der Waals surface area contributed by atoms with Gasteiger partial charge in [0.1, 0.15) is 5.84 Å². The molecule has 3 rings (SSSR count). The zero-order valence-corrected chi connectivity index (χ0v) is 24.4. The van der Waals surface area contributed by atoms with E-state index < -0.39 is 23.3 Å². The average molecular weight is 564 g/mol. The number of amidine groups is 1. The predicted octanol–water partition coefficient (Wildman–Crippen LogP) is 4.96. The smallest absolute Gasteiger partial charge is 0.251 e. The van der Waals surface area contributed by atoms with Crippen LogP contribution in [0, 0.1) is 12.3 Å². The first-order valence-electron chi connectivity index (χ1n) is 12.2. The van der Waals surface area contributed by atoms with Crippen LogP contribution in [0.4, 0.5) is 13.8 Å². The molecule has 0 spiro atoms. The Morgan fingerprint density at radius 1 is 1.31 bits per heavy atom. The fraction of sp³-hybridized carbons (Fsp3) is 0.464. The Morgan fingerprint density at radius 2 is 1.92 bits per heavy atom. The molecule has 1 aromatic rings. The Balaban J connectivity index is 0.000000310. The number of carbonyl (C=O) groups excluding carboxylic acids is 1. The van der Waals surface area contributed by atoms with E-state index in [1.165, 1.54) is 6.07 Å². The second-order valence-corrected chi connectivity index (χ2v) is 11.1. The van der Waals surface area contributed by atoms with Gasteiger partial charge in [0, 0.05) is 34.4 Å². The first-order valence-corrected chi connectivity index (χ1v) is 13.0. The third kappa shape index (κ3) is 10.1. The molecule has 0 saturated carbocycles. The van der Waals surface area contributed by atoms with Crippen molar-refractivity contribution >= 4 is 39.4 Å². The molecule has 0 bridgehead atoms. The van der Waals surface area contributed by atoms with Crippen molar-refractivity contribution in [1.82, 2.24) is 5.01 Å². The first-order chi connectivity index (χ1) is 18.0. The van der Waals surface area contributed by atoms with E-state index in [9.17, 15) is 23.8 Å². The lowest BCUT2D eigenvalue weighted by Crippen LogP contribution is -2.35. The third-order valence-electron chi connectivity index (χ3n) is 5.99. The molecular formula is C28H39F2N5O3S. The molecule has 1 unspecified atom stereocenters. The minimum Gasteiger partial charge on any atom is -0.390 e. The molecule has 0 saturated heterocycles. The Hall–Kier alpha value is -3.33. The van der Waals surface area contributed by atoms with E-state index in [-0.39, 0.29) is 27.3 Å². The van der Waals surface area contributed by atoms with E-state index in [0.717, 1.165) is 46.9 Å². The maximum absolute atomic E-state index is 13.1. The SMILES string of the molecule is C#CC(F)/C(=C/F)c1cc(C(N)=O)c(N)s1.C/C=C(\C)C(C)(C)O.CC1=NN2C=C(C(C)(C)O)CN=C2CC1. The minimum absolute atomic E-state index is 0.0311. The van der Waals surface area contributed by atoms with Gasteiger partial charge in [-0.15, -0.1) is 17.8 Å². The van der Waals surface area contributed by atoms with Crippen molar-refractivity contribution in [2.45, 2.75) is 78.7 Å². The van der Waals surface area contributed by atoms with E-state index in [2.05, 4.69) is 10.1 Å². The maximum Gasteiger partial charge on any atom is 0.251 e. The van der Waals surface area contributed by atoms with Gasteiger partial charge in [0.15, 0.2) is 6.17 Å². The number of hydrazone groups is 1. The monoisotopic (exact) mass is 563 g/mol. The number of aliphatic hydroxyl groups is 2. The van der Waals surface area contributed by atoms with Gasteiger partial charge in [-0.1, -0.05) is 12.0 Å². The quantitative estimate of drug-likeness (QED) is 0.296. The van der Waals surface area contributed by atoms with Gasteiger partial charge < -0.3 is 21.7 Å². The minimum atomic E-state index is -1.89.